The maximum absolute atomic E-state index is 11.9. The lowest BCUT2D eigenvalue weighted by Gasteiger charge is -2.16. The van der Waals surface area contributed by atoms with Gasteiger partial charge in [0.25, 0.3) is 0 Å². The minimum absolute atomic E-state index is 0.0209. The van der Waals surface area contributed by atoms with Crippen LogP contribution in [0.2, 0.25) is 0 Å². The summed E-state index contributed by atoms with van der Waals surface area (Å²) in [6.07, 6.45) is 1.46. The molecule has 0 heterocycles. The van der Waals surface area contributed by atoms with Crippen molar-refractivity contribution < 1.29 is 38.1 Å². The predicted octanol–water partition coefficient (Wildman–Crippen LogP) is 1.46. The monoisotopic (exact) mass is 359 g/mol. The maximum Gasteiger partial charge on any atom is 0.320 e. The van der Waals surface area contributed by atoms with Crippen molar-refractivity contribution in [2.75, 3.05) is 26.4 Å². The van der Waals surface area contributed by atoms with Crippen LogP contribution in [0.3, 0.4) is 0 Å². The fraction of sp³-hybridized carbons (Fsp3) is 0.706. The molecule has 25 heavy (non-hydrogen) atoms. The Morgan fingerprint density at radius 1 is 0.600 bits per heavy atom. The van der Waals surface area contributed by atoms with E-state index >= 15 is 0 Å². The van der Waals surface area contributed by atoms with Gasteiger partial charge in [-0.15, -0.1) is 0 Å². The first-order chi connectivity index (χ1) is 11.9. The van der Waals surface area contributed by atoms with Gasteiger partial charge in [-0.3, -0.25) is 19.2 Å². The Morgan fingerprint density at radius 3 is 1.04 bits per heavy atom. The molecule has 0 aliphatic carbocycles. The summed E-state index contributed by atoms with van der Waals surface area (Å²) in [5.74, 6) is -5.10. The number of carbonyl (C=O) groups excluding carboxylic acids is 4. The van der Waals surface area contributed by atoms with Gasteiger partial charge in [-0.05, 0) is 47.0 Å². The highest BCUT2D eigenvalue weighted by atomic mass is 16.6. The van der Waals surface area contributed by atoms with Crippen LogP contribution in [0.4, 0.5) is 0 Å². The second-order valence-electron chi connectivity index (χ2n) is 4.87. The summed E-state index contributed by atoms with van der Waals surface area (Å²) in [7, 11) is 0. The van der Waals surface area contributed by atoms with Gasteiger partial charge in [0, 0.05) is 0 Å². The largest absolute Gasteiger partial charge is 0.465 e. The molecule has 0 fully saturated rings. The van der Waals surface area contributed by atoms with Crippen molar-refractivity contribution in [1.82, 2.24) is 0 Å². The van der Waals surface area contributed by atoms with E-state index < -0.39 is 35.7 Å². The van der Waals surface area contributed by atoms with Crippen molar-refractivity contribution in [3.8, 4) is 0 Å². The van der Waals surface area contributed by atoms with Gasteiger partial charge >= 0.3 is 23.9 Å². The van der Waals surface area contributed by atoms with Crippen LogP contribution in [0.1, 0.15) is 40.5 Å². The van der Waals surface area contributed by atoms with Crippen LogP contribution >= 0.6 is 0 Å². The lowest BCUT2D eigenvalue weighted by Crippen LogP contribution is -2.30. The van der Waals surface area contributed by atoms with E-state index in [2.05, 4.69) is 0 Å². The minimum Gasteiger partial charge on any atom is -0.465 e. The van der Waals surface area contributed by atoms with Crippen LogP contribution < -0.4 is 0 Å². The van der Waals surface area contributed by atoms with Gasteiger partial charge in [-0.1, -0.05) is 0 Å². The number of carbonyl (C=O) groups is 4. The summed E-state index contributed by atoms with van der Waals surface area (Å²) in [6, 6.07) is 0. The molecule has 0 rings (SSSR count). The number of hydrogen-bond acceptors (Lipinski definition) is 8. The summed E-state index contributed by atoms with van der Waals surface area (Å²) < 4.78 is 19.4. The van der Waals surface area contributed by atoms with Crippen LogP contribution in [0, 0.1) is 18.3 Å². The molecule has 0 saturated heterocycles. The van der Waals surface area contributed by atoms with Crippen LogP contribution in [0.15, 0.2) is 0 Å². The third kappa shape index (κ3) is 8.51. The molecule has 0 aromatic rings. The Bertz CT molecular complexity index is 370. The molecule has 0 aromatic heterocycles. The van der Waals surface area contributed by atoms with E-state index in [0.717, 1.165) is 0 Å². The zero-order valence-corrected chi connectivity index (χ0v) is 15.2. The Hall–Kier alpha value is -2.12. The lowest BCUT2D eigenvalue weighted by atomic mass is 9.96. The third-order valence-corrected chi connectivity index (χ3v) is 3.09. The summed E-state index contributed by atoms with van der Waals surface area (Å²) in [5.41, 5.74) is 0. The Morgan fingerprint density at radius 2 is 0.840 bits per heavy atom. The first kappa shape index (κ1) is 22.9. The molecule has 0 spiro atoms. The Labute approximate surface area is 148 Å². The molecular weight excluding hydrogens is 332 g/mol. The SMILES string of the molecule is CCOC(=O)C(C[CH]CC(C(=O)OCC)C(=O)OCC)C(=O)OCC. The van der Waals surface area contributed by atoms with Gasteiger partial charge in [-0.25, -0.2) is 0 Å². The van der Waals surface area contributed by atoms with Gasteiger partial charge < -0.3 is 18.9 Å². The molecule has 0 atom stereocenters. The molecule has 0 saturated carbocycles. The summed E-state index contributed by atoms with van der Waals surface area (Å²) in [6.45, 7) is 7.02. The molecule has 0 N–H and O–H groups in total. The number of esters is 4. The first-order valence-corrected chi connectivity index (χ1v) is 8.40. The highest BCUT2D eigenvalue weighted by Gasteiger charge is 2.33. The van der Waals surface area contributed by atoms with Crippen molar-refractivity contribution in [2.24, 2.45) is 11.8 Å². The second-order valence-corrected chi connectivity index (χ2v) is 4.87. The van der Waals surface area contributed by atoms with Gasteiger partial charge in [0.2, 0.25) is 0 Å². The van der Waals surface area contributed by atoms with Gasteiger partial charge in [0.1, 0.15) is 0 Å². The van der Waals surface area contributed by atoms with E-state index in [-0.39, 0.29) is 39.3 Å². The molecule has 0 aliphatic heterocycles. The van der Waals surface area contributed by atoms with E-state index in [1.54, 1.807) is 27.7 Å². The quantitative estimate of drug-likeness (QED) is 0.293. The summed E-state index contributed by atoms with van der Waals surface area (Å²) in [5, 5.41) is 0. The zero-order chi connectivity index (χ0) is 19.2. The molecule has 8 heteroatoms. The van der Waals surface area contributed by atoms with E-state index in [1.807, 2.05) is 0 Å². The molecule has 0 unspecified atom stereocenters. The number of hydrogen-bond donors (Lipinski definition) is 0. The van der Waals surface area contributed by atoms with Crippen molar-refractivity contribution in [1.29, 1.82) is 0 Å². The number of ether oxygens (including phenoxy) is 4. The van der Waals surface area contributed by atoms with E-state index in [4.69, 9.17) is 18.9 Å². The maximum atomic E-state index is 11.9. The predicted molar refractivity (Wildman–Crippen MR) is 87.0 cm³/mol. The normalized spacial score (nSPS) is 10.5. The van der Waals surface area contributed by atoms with Crippen LogP contribution in [-0.2, 0) is 38.1 Å². The zero-order valence-electron chi connectivity index (χ0n) is 15.2. The average molecular weight is 359 g/mol. The molecule has 8 nitrogen and oxygen atoms in total. The molecule has 143 valence electrons. The minimum atomic E-state index is -1.13. The Kier molecular flexibility index (Phi) is 12.1. The van der Waals surface area contributed by atoms with E-state index in [1.165, 1.54) is 6.42 Å². The van der Waals surface area contributed by atoms with Crippen molar-refractivity contribution >= 4 is 23.9 Å². The fourth-order valence-electron chi connectivity index (χ4n) is 1.98. The topological polar surface area (TPSA) is 105 Å². The molecular formula is C17H27O8. The molecule has 0 aromatic carbocycles. The Balaban J connectivity index is 4.86. The molecule has 1 radical (unpaired) electrons. The van der Waals surface area contributed by atoms with Crippen molar-refractivity contribution in [3.63, 3.8) is 0 Å². The smallest absolute Gasteiger partial charge is 0.320 e. The summed E-state index contributed by atoms with van der Waals surface area (Å²) >= 11 is 0. The van der Waals surface area contributed by atoms with Gasteiger partial charge in [0.15, 0.2) is 11.8 Å². The molecule has 0 aliphatic rings. The average Bonchev–Trinajstić information content (AvgIpc) is 2.55. The standard InChI is InChI=1S/C17H27O8/c1-5-22-14(18)12(15(19)23-6-2)10-9-11-13(16(20)24-7-3)17(21)25-8-4/h9,12-13H,5-8,10-11H2,1-4H3. The lowest BCUT2D eigenvalue weighted by molar-refractivity contribution is -0.162. The summed E-state index contributed by atoms with van der Waals surface area (Å²) in [4.78, 5) is 47.5. The van der Waals surface area contributed by atoms with Gasteiger partial charge in [-0.2, -0.15) is 0 Å². The van der Waals surface area contributed by atoms with Crippen LogP contribution in [-0.4, -0.2) is 50.3 Å². The van der Waals surface area contributed by atoms with Crippen molar-refractivity contribution in [2.45, 2.75) is 40.5 Å². The third-order valence-electron chi connectivity index (χ3n) is 3.09. The van der Waals surface area contributed by atoms with E-state index in [0.29, 0.717) is 0 Å². The highest BCUT2D eigenvalue weighted by Crippen LogP contribution is 2.18. The molecule has 0 bridgehead atoms. The molecule has 0 amide bonds. The van der Waals surface area contributed by atoms with Crippen LogP contribution in [0.5, 0.6) is 0 Å². The number of rotatable bonds is 12. The van der Waals surface area contributed by atoms with Gasteiger partial charge in [0.05, 0.1) is 26.4 Å². The highest BCUT2D eigenvalue weighted by molar-refractivity contribution is 5.96. The van der Waals surface area contributed by atoms with Crippen LogP contribution in [0.25, 0.3) is 0 Å². The fourth-order valence-corrected chi connectivity index (χ4v) is 1.98. The second kappa shape index (κ2) is 13.2. The first-order valence-electron chi connectivity index (χ1n) is 8.40. The van der Waals surface area contributed by atoms with E-state index in [9.17, 15) is 19.2 Å². The van der Waals surface area contributed by atoms with Crippen molar-refractivity contribution in [3.05, 3.63) is 6.42 Å².